The summed E-state index contributed by atoms with van der Waals surface area (Å²) >= 11 is 0. The van der Waals surface area contributed by atoms with Crippen LogP contribution in [0.4, 0.5) is 0 Å². The molecule has 0 spiro atoms. The first kappa shape index (κ1) is 24.9. The first-order valence-corrected chi connectivity index (χ1v) is 10.2. The molecule has 0 bridgehead atoms. The quantitative estimate of drug-likeness (QED) is 0.213. The Labute approximate surface area is 157 Å². The van der Waals surface area contributed by atoms with Gasteiger partial charge in [0.05, 0.1) is 12.2 Å². The second-order valence-electron chi connectivity index (χ2n) is 7.27. The first-order chi connectivity index (χ1) is 12.4. The van der Waals surface area contributed by atoms with Crippen molar-refractivity contribution in [1.29, 1.82) is 0 Å². The van der Waals surface area contributed by atoms with E-state index >= 15 is 0 Å². The number of aliphatic hydroxyl groups is 2. The highest BCUT2D eigenvalue weighted by Gasteiger charge is 2.24. The predicted molar refractivity (Wildman–Crippen MR) is 101 cm³/mol. The summed E-state index contributed by atoms with van der Waals surface area (Å²) in [4.78, 5) is 21.5. The summed E-state index contributed by atoms with van der Waals surface area (Å²) in [5.41, 5.74) is 0. The van der Waals surface area contributed by atoms with Crippen LogP contribution in [0.3, 0.4) is 0 Å². The molecule has 0 aliphatic heterocycles. The Morgan fingerprint density at radius 3 is 1.35 bits per heavy atom. The van der Waals surface area contributed by atoms with Crippen molar-refractivity contribution in [3.05, 3.63) is 0 Å². The maximum absolute atomic E-state index is 10.8. The van der Waals surface area contributed by atoms with Crippen LogP contribution >= 0.6 is 0 Å². The topological polar surface area (TPSA) is 115 Å². The molecule has 2 atom stereocenters. The molecular formula is C20H38O6. The van der Waals surface area contributed by atoms with E-state index in [1.54, 1.807) is 0 Å². The van der Waals surface area contributed by atoms with Gasteiger partial charge in [0.15, 0.2) is 5.92 Å². The third kappa shape index (κ3) is 13.1. The van der Waals surface area contributed by atoms with Crippen LogP contribution in [-0.2, 0) is 9.59 Å². The Balaban J connectivity index is 3.59. The first-order valence-electron chi connectivity index (χ1n) is 10.2. The molecule has 4 N–H and O–H groups in total. The highest BCUT2D eigenvalue weighted by molar-refractivity contribution is 5.92. The van der Waals surface area contributed by atoms with Gasteiger partial charge in [-0.2, -0.15) is 0 Å². The lowest BCUT2D eigenvalue weighted by Gasteiger charge is -2.17. The minimum Gasteiger partial charge on any atom is -0.481 e. The van der Waals surface area contributed by atoms with Crippen molar-refractivity contribution in [1.82, 2.24) is 0 Å². The van der Waals surface area contributed by atoms with Crippen LogP contribution in [-0.4, -0.2) is 44.6 Å². The van der Waals surface area contributed by atoms with Crippen molar-refractivity contribution in [2.45, 2.75) is 109 Å². The van der Waals surface area contributed by atoms with Gasteiger partial charge in [-0.05, 0) is 19.3 Å². The molecule has 0 aromatic carbocycles. The van der Waals surface area contributed by atoms with Crippen molar-refractivity contribution in [2.75, 3.05) is 0 Å². The molecule has 0 aliphatic rings. The molecule has 0 aromatic heterocycles. The van der Waals surface area contributed by atoms with E-state index in [2.05, 4.69) is 6.92 Å². The standard InChI is InChI=1S/C20H38O6/c1-2-3-4-5-8-11-14-17(21)18(22)15-12-9-6-7-10-13-16(19(23)24)20(25)26/h16-18,21-22H,2-15H2,1H3,(H,23,24)(H,25,26). The molecule has 0 rings (SSSR count). The van der Waals surface area contributed by atoms with E-state index in [1.165, 1.54) is 25.7 Å². The number of aliphatic carboxylic acids is 2. The fraction of sp³-hybridized carbons (Fsp3) is 0.900. The van der Waals surface area contributed by atoms with E-state index in [1.807, 2.05) is 0 Å². The average molecular weight is 375 g/mol. The van der Waals surface area contributed by atoms with Crippen LogP contribution in [0.15, 0.2) is 0 Å². The van der Waals surface area contributed by atoms with E-state index in [9.17, 15) is 19.8 Å². The molecule has 0 fully saturated rings. The summed E-state index contributed by atoms with van der Waals surface area (Å²) in [6, 6.07) is 0. The lowest BCUT2D eigenvalue weighted by atomic mass is 9.98. The zero-order chi connectivity index (χ0) is 19.8. The van der Waals surface area contributed by atoms with Gasteiger partial charge in [0.2, 0.25) is 0 Å². The molecular weight excluding hydrogens is 336 g/mol. The molecule has 0 radical (unpaired) electrons. The Bertz CT molecular complexity index is 357. The van der Waals surface area contributed by atoms with E-state index in [-0.39, 0.29) is 6.42 Å². The molecule has 6 heteroatoms. The van der Waals surface area contributed by atoms with Gasteiger partial charge in [0, 0.05) is 0 Å². The zero-order valence-corrected chi connectivity index (χ0v) is 16.2. The van der Waals surface area contributed by atoms with E-state index in [0.717, 1.165) is 38.5 Å². The van der Waals surface area contributed by atoms with Gasteiger partial charge >= 0.3 is 11.9 Å². The highest BCUT2D eigenvalue weighted by atomic mass is 16.4. The molecule has 0 aromatic rings. The van der Waals surface area contributed by atoms with Gasteiger partial charge in [0.1, 0.15) is 0 Å². The smallest absolute Gasteiger partial charge is 0.317 e. The Morgan fingerprint density at radius 2 is 0.962 bits per heavy atom. The minimum atomic E-state index is -1.31. The second-order valence-corrected chi connectivity index (χ2v) is 7.27. The molecule has 0 saturated carbocycles. The number of rotatable bonds is 18. The summed E-state index contributed by atoms with van der Waals surface area (Å²) in [5, 5.41) is 37.5. The molecule has 2 unspecified atom stereocenters. The number of hydrogen-bond donors (Lipinski definition) is 4. The van der Waals surface area contributed by atoms with Gasteiger partial charge in [-0.25, -0.2) is 0 Å². The second kappa shape index (κ2) is 16.1. The minimum absolute atomic E-state index is 0.157. The third-order valence-electron chi connectivity index (χ3n) is 4.89. The van der Waals surface area contributed by atoms with Crippen molar-refractivity contribution in [2.24, 2.45) is 5.92 Å². The Morgan fingerprint density at radius 1 is 0.615 bits per heavy atom. The molecule has 154 valence electrons. The highest BCUT2D eigenvalue weighted by Crippen LogP contribution is 2.16. The number of unbranched alkanes of at least 4 members (excludes halogenated alkanes) is 9. The monoisotopic (exact) mass is 374 g/mol. The molecule has 0 amide bonds. The van der Waals surface area contributed by atoms with Crippen molar-refractivity contribution < 1.29 is 30.0 Å². The van der Waals surface area contributed by atoms with Crippen LogP contribution in [0.2, 0.25) is 0 Å². The summed E-state index contributed by atoms with van der Waals surface area (Å²) in [6.45, 7) is 2.18. The van der Waals surface area contributed by atoms with Gasteiger partial charge in [-0.15, -0.1) is 0 Å². The maximum Gasteiger partial charge on any atom is 0.317 e. The third-order valence-corrected chi connectivity index (χ3v) is 4.89. The van der Waals surface area contributed by atoms with Gasteiger partial charge < -0.3 is 20.4 Å². The van der Waals surface area contributed by atoms with Crippen LogP contribution in [0.1, 0.15) is 96.8 Å². The summed E-state index contributed by atoms with van der Waals surface area (Å²) in [5.74, 6) is -3.87. The molecule has 26 heavy (non-hydrogen) atoms. The van der Waals surface area contributed by atoms with E-state index in [4.69, 9.17) is 10.2 Å². The van der Waals surface area contributed by atoms with Crippen molar-refractivity contribution in [3.63, 3.8) is 0 Å². The fourth-order valence-corrected chi connectivity index (χ4v) is 3.10. The van der Waals surface area contributed by atoms with Crippen molar-refractivity contribution in [3.8, 4) is 0 Å². The Hall–Kier alpha value is -1.14. The molecule has 6 nitrogen and oxygen atoms in total. The SMILES string of the molecule is CCCCCCCCC(O)C(O)CCCCCCCC(C(=O)O)C(=O)O. The number of carboxylic acid groups (broad SMARTS) is 2. The van der Waals surface area contributed by atoms with Gasteiger partial charge in [-0.3, -0.25) is 9.59 Å². The van der Waals surface area contributed by atoms with Crippen LogP contribution in [0.5, 0.6) is 0 Å². The number of carbonyl (C=O) groups is 2. The van der Waals surface area contributed by atoms with Crippen molar-refractivity contribution >= 4 is 11.9 Å². The summed E-state index contributed by atoms with van der Waals surface area (Å²) in [7, 11) is 0. The Kier molecular flexibility index (Phi) is 15.4. The number of aliphatic hydroxyl groups excluding tert-OH is 2. The number of hydrogen-bond acceptors (Lipinski definition) is 4. The maximum atomic E-state index is 10.8. The van der Waals surface area contributed by atoms with Crippen LogP contribution < -0.4 is 0 Å². The zero-order valence-electron chi connectivity index (χ0n) is 16.2. The summed E-state index contributed by atoms with van der Waals surface area (Å²) in [6.07, 6.45) is 11.0. The number of carboxylic acids is 2. The van der Waals surface area contributed by atoms with Gasteiger partial charge in [0.25, 0.3) is 0 Å². The predicted octanol–water partition coefficient (Wildman–Crippen LogP) is 3.97. The molecule has 0 aliphatic carbocycles. The van der Waals surface area contributed by atoms with Crippen LogP contribution in [0.25, 0.3) is 0 Å². The largest absolute Gasteiger partial charge is 0.481 e. The summed E-state index contributed by atoms with van der Waals surface area (Å²) < 4.78 is 0. The lowest BCUT2D eigenvalue weighted by molar-refractivity contribution is -0.154. The average Bonchev–Trinajstić information content (AvgIpc) is 2.59. The fourth-order valence-electron chi connectivity index (χ4n) is 3.10. The normalized spacial score (nSPS) is 13.7. The molecule has 0 saturated heterocycles. The molecule has 0 heterocycles. The van der Waals surface area contributed by atoms with Crippen LogP contribution in [0, 0.1) is 5.92 Å². The van der Waals surface area contributed by atoms with Gasteiger partial charge in [-0.1, -0.05) is 77.6 Å². The van der Waals surface area contributed by atoms with E-state index in [0.29, 0.717) is 19.3 Å². The van der Waals surface area contributed by atoms with E-state index < -0.39 is 30.1 Å². The lowest BCUT2D eigenvalue weighted by Crippen LogP contribution is -2.25.